The van der Waals surface area contributed by atoms with Gasteiger partial charge in [0.2, 0.25) is 5.78 Å². The number of rotatable bonds is 3. The number of phenolic OH excluding ortho intramolecular Hbond substituents is 2. The first-order valence-corrected chi connectivity index (χ1v) is 6.46. The second kappa shape index (κ2) is 5.88. The molecule has 0 unspecified atom stereocenters. The van der Waals surface area contributed by atoms with Crippen LogP contribution in [0.4, 0.5) is 4.39 Å². The van der Waals surface area contributed by atoms with Crippen molar-refractivity contribution in [2.24, 2.45) is 0 Å². The Balaban J connectivity index is 2.35. The molecule has 0 aliphatic heterocycles. The summed E-state index contributed by atoms with van der Waals surface area (Å²) in [4.78, 5) is 12.1. The molecule has 0 amide bonds. The van der Waals surface area contributed by atoms with Gasteiger partial charge in [0.05, 0.1) is 10.0 Å². The van der Waals surface area contributed by atoms with Crippen molar-refractivity contribution in [1.29, 1.82) is 0 Å². The maximum absolute atomic E-state index is 13.1. The van der Waals surface area contributed by atoms with E-state index in [2.05, 4.69) is 15.9 Å². The lowest BCUT2D eigenvalue weighted by molar-refractivity contribution is 0.104. The monoisotopic (exact) mass is 336 g/mol. The standard InChI is InChI=1S/C15H10BrFO3/c16-13(7-9-2-1-3-10(17)6-9)15(20)12-8-11(18)4-5-14(12)19/h1-8,18-19H/b13-7-. The molecule has 0 bridgehead atoms. The third kappa shape index (κ3) is 3.24. The average molecular weight is 337 g/mol. The molecule has 0 saturated heterocycles. The van der Waals surface area contributed by atoms with Gasteiger partial charge < -0.3 is 10.2 Å². The average Bonchev–Trinajstić information content (AvgIpc) is 2.40. The Morgan fingerprint density at radius 2 is 1.90 bits per heavy atom. The Labute approximate surface area is 123 Å². The molecule has 2 rings (SSSR count). The van der Waals surface area contributed by atoms with Gasteiger partial charge in [0.15, 0.2) is 0 Å². The summed E-state index contributed by atoms with van der Waals surface area (Å²) in [7, 11) is 0. The highest BCUT2D eigenvalue weighted by Gasteiger charge is 2.15. The molecule has 0 heterocycles. The lowest BCUT2D eigenvalue weighted by Gasteiger charge is -2.04. The number of ketones is 1. The van der Waals surface area contributed by atoms with Gasteiger partial charge in [-0.3, -0.25) is 4.79 Å². The topological polar surface area (TPSA) is 57.5 Å². The molecule has 0 fully saturated rings. The lowest BCUT2D eigenvalue weighted by atomic mass is 10.1. The number of carbonyl (C=O) groups excluding carboxylic acids is 1. The predicted molar refractivity (Wildman–Crippen MR) is 77.4 cm³/mol. The van der Waals surface area contributed by atoms with Crippen molar-refractivity contribution in [1.82, 2.24) is 0 Å². The molecule has 0 aliphatic rings. The fraction of sp³-hybridized carbons (Fsp3) is 0. The fourth-order valence-corrected chi connectivity index (χ4v) is 2.12. The van der Waals surface area contributed by atoms with Crippen molar-refractivity contribution in [3.63, 3.8) is 0 Å². The van der Waals surface area contributed by atoms with Gasteiger partial charge in [0, 0.05) is 0 Å². The zero-order valence-corrected chi connectivity index (χ0v) is 11.8. The summed E-state index contributed by atoms with van der Waals surface area (Å²) in [6.07, 6.45) is 1.44. The molecule has 3 nitrogen and oxygen atoms in total. The molecule has 0 spiro atoms. The van der Waals surface area contributed by atoms with Crippen LogP contribution in [-0.2, 0) is 0 Å². The van der Waals surface area contributed by atoms with Crippen molar-refractivity contribution < 1.29 is 19.4 Å². The lowest BCUT2D eigenvalue weighted by Crippen LogP contribution is -1.99. The van der Waals surface area contributed by atoms with Gasteiger partial charge in [-0.15, -0.1) is 0 Å². The predicted octanol–water partition coefficient (Wildman–Crippen LogP) is 3.86. The van der Waals surface area contributed by atoms with E-state index in [1.807, 2.05) is 0 Å². The SMILES string of the molecule is O=C(/C(Br)=C/c1cccc(F)c1)c1cc(O)ccc1O. The maximum Gasteiger partial charge on any atom is 0.203 e. The van der Waals surface area contributed by atoms with Crippen LogP contribution >= 0.6 is 15.9 Å². The minimum atomic E-state index is -0.511. The molecule has 0 aromatic heterocycles. The van der Waals surface area contributed by atoms with E-state index < -0.39 is 11.6 Å². The van der Waals surface area contributed by atoms with Crippen molar-refractivity contribution in [3.05, 3.63) is 63.9 Å². The Hall–Kier alpha value is -2.14. The first-order valence-electron chi connectivity index (χ1n) is 5.67. The minimum absolute atomic E-state index is 0.0375. The summed E-state index contributed by atoms with van der Waals surface area (Å²) in [6.45, 7) is 0. The largest absolute Gasteiger partial charge is 0.508 e. The molecule has 20 heavy (non-hydrogen) atoms. The first-order chi connectivity index (χ1) is 9.47. The highest BCUT2D eigenvalue weighted by Crippen LogP contribution is 2.27. The van der Waals surface area contributed by atoms with Crippen LogP contribution in [0.1, 0.15) is 15.9 Å². The van der Waals surface area contributed by atoms with E-state index in [-0.39, 0.29) is 21.5 Å². The van der Waals surface area contributed by atoms with Crippen molar-refractivity contribution in [3.8, 4) is 11.5 Å². The van der Waals surface area contributed by atoms with Crippen LogP contribution in [0.5, 0.6) is 11.5 Å². The third-order valence-electron chi connectivity index (χ3n) is 2.58. The van der Waals surface area contributed by atoms with E-state index in [4.69, 9.17) is 0 Å². The molecule has 5 heteroatoms. The Morgan fingerprint density at radius 3 is 2.60 bits per heavy atom. The smallest absolute Gasteiger partial charge is 0.203 e. The van der Waals surface area contributed by atoms with Gasteiger partial charge >= 0.3 is 0 Å². The maximum atomic E-state index is 13.1. The van der Waals surface area contributed by atoms with Crippen LogP contribution in [-0.4, -0.2) is 16.0 Å². The zero-order valence-electron chi connectivity index (χ0n) is 10.2. The summed E-state index contributed by atoms with van der Waals surface area (Å²) in [6, 6.07) is 9.41. The number of Topliss-reactive ketones (excluding diaryl/α,β-unsaturated/α-hetero) is 1. The van der Waals surface area contributed by atoms with Gasteiger partial charge in [0.25, 0.3) is 0 Å². The summed E-state index contributed by atoms with van der Waals surface area (Å²) < 4.78 is 13.2. The summed E-state index contributed by atoms with van der Waals surface area (Å²) in [5.74, 6) is -1.29. The molecule has 2 aromatic carbocycles. The number of aromatic hydroxyl groups is 2. The van der Waals surface area contributed by atoms with Gasteiger partial charge in [-0.1, -0.05) is 12.1 Å². The Morgan fingerprint density at radius 1 is 1.15 bits per heavy atom. The highest BCUT2D eigenvalue weighted by molar-refractivity contribution is 9.12. The number of carbonyl (C=O) groups is 1. The van der Waals surface area contributed by atoms with Crippen LogP contribution in [0.25, 0.3) is 6.08 Å². The zero-order chi connectivity index (χ0) is 14.7. The molecule has 0 atom stereocenters. The highest BCUT2D eigenvalue weighted by atomic mass is 79.9. The number of hydrogen-bond donors (Lipinski definition) is 2. The van der Waals surface area contributed by atoms with Gasteiger partial charge in [-0.05, 0) is 57.9 Å². The van der Waals surface area contributed by atoms with E-state index in [1.54, 1.807) is 6.07 Å². The summed E-state index contributed by atoms with van der Waals surface area (Å²) >= 11 is 3.10. The minimum Gasteiger partial charge on any atom is -0.508 e. The van der Waals surface area contributed by atoms with E-state index in [9.17, 15) is 19.4 Å². The number of benzene rings is 2. The summed E-state index contributed by atoms with van der Waals surface area (Å²) in [5, 5.41) is 19.0. The summed E-state index contributed by atoms with van der Waals surface area (Å²) in [5.41, 5.74) is 0.467. The molecule has 2 aromatic rings. The molecule has 0 aliphatic carbocycles. The molecule has 102 valence electrons. The van der Waals surface area contributed by atoms with E-state index in [1.165, 1.54) is 42.5 Å². The van der Waals surface area contributed by atoms with E-state index in [0.717, 1.165) is 0 Å². The van der Waals surface area contributed by atoms with Gasteiger partial charge in [-0.25, -0.2) is 4.39 Å². The number of allylic oxidation sites excluding steroid dienone is 1. The van der Waals surface area contributed by atoms with Crippen molar-refractivity contribution in [2.45, 2.75) is 0 Å². The van der Waals surface area contributed by atoms with Gasteiger partial charge in [-0.2, -0.15) is 0 Å². The van der Waals surface area contributed by atoms with Crippen LogP contribution < -0.4 is 0 Å². The number of hydrogen-bond acceptors (Lipinski definition) is 3. The molecule has 0 radical (unpaired) electrons. The quantitative estimate of drug-likeness (QED) is 0.508. The van der Waals surface area contributed by atoms with Crippen molar-refractivity contribution in [2.75, 3.05) is 0 Å². The van der Waals surface area contributed by atoms with E-state index in [0.29, 0.717) is 5.56 Å². The van der Waals surface area contributed by atoms with Gasteiger partial charge in [0.1, 0.15) is 17.3 Å². The normalized spacial score (nSPS) is 11.4. The number of halogens is 2. The molecular formula is C15H10BrFO3. The van der Waals surface area contributed by atoms with Crippen LogP contribution in [0.3, 0.4) is 0 Å². The molecule has 0 saturated carbocycles. The van der Waals surface area contributed by atoms with Crippen LogP contribution in [0.2, 0.25) is 0 Å². The third-order valence-corrected chi connectivity index (χ3v) is 3.17. The Kier molecular flexibility index (Phi) is 4.20. The first kappa shape index (κ1) is 14.3. The number of phenols is 2. The van der Waals surface area contributed by atoms with Crippen molar-refractivity contribution >= 4 is 27.8 Å². The van der Waals surface area contributed by atoms with Crippen LogP contribution in [0, 0.1) is 5.82 Å². The molecular weight excluding hydrogens is 327 g/mol. The van der Waals surface area contributed by atoms with E-state index >= 15 is 0 Å². The molecule has 2 N–H and O–H groups in total. The second-order valence-corrected chi connectivity index (χ2v) is 4.93. The second-order valence-electron chi connectivity index (χ2n) is 4.08. The Bertz CT molecular complexity index is 695. The van der Waals surface area contributed by atoms with Crippen LogP contribution in [0.15, 0.2) is 46.9 Å². The fourth-order valence-electron chi connectivity index (χ4n) is 1.64.